The Morgan fingerprint density at radius 1 is 1.22 bits per heavy atom. The van der Waals surface area contributed by atoms with E-state index in [-0.39, 0.29) is 5.88 Å². The first-order valence-corrected chi connectivity index (χ1v) is 6.93. The summed E-state index contributed by atoms with van der Waals surface area (Å²) in [6.07, 6.45) is 1.68. The molecule has 0 spiro atoms. The van der Waals surface area contributed by atoms with E-state index in [1.165, 1.54) is 6.07 Å². The molecule has 1 aliphatic heterocycles. The van der Waals surface area contributed by atoms with E-state index in [4.69, 9.17) is 4.42 Å². The van der Waals surface area contributed by atoms with E-state index in [0.29, 0.717) is 17.2 Å². The molecule has 116 valence electrons. The predicted octanol–water partition coefficient (Wildman–Crippen LogP) is 3.93. The number of benzene rings is 1. The minimum absolute atomic E-state index is 0.297. The topological polar surface area (TPSA) is 71.5 Å². The number of anilines is 1. The maximum Gasteiger partial charge on any atom is 0.433 e. The molecule has 0 saturated carbocycles. The van der Waals surface area contributed by atoms with E-state index < -0.39 is 4.92 Å². The van der Waals surface area contributed by atoms with E-state index in [1.807, 2.05) is 36.2 Å². The van der Waals surface area contributed by atoms with Gasteiger partial charge in [0.1, 0.15) is 10.7 Å². The van der Waals surface area contributed by atoms with Crippen LogP contribution in [-0.4, -0.2) is 4.92 Å². The molecule has 0 amide bonds. The van der Waals surface area contributed by atoms with Crippen LogP contribution < -0.4 is 10.4 Å². The van der Waals surface area contributed by atoms with Gasteiger partial charge in [-0.1, -0.05) is 30.9 Å². The quantitative estimate of drug-likeness (QED) is 0.687. The molecule has 1 fully saturated rings. The number of nitrogens with one attached hydrogen (secondary N) is 1. The highest BCUT2D eigenvalue weighted by Gasteiger charge is 2.25. The molecule has 6 heteroatoms. The van der Waals surface area contributed by atoms with Gasteiger partial charge in [0.25, 0.3) is 0 Å². The maximum absolute atomic E-state index is 10.7. The summed E-state index contributed by atoms with van der Waals surface area (Å²) in [7, 11) is 0. The SMILES string of the molecule is C=C1NN(c2ccc(C)cc2)C(=C)/C1=C\c1ccc([N+](=O)[O-])o1. The summed E-state index contributed by atoms with van der Waals surface area (Å²) in [5.74, 6) is 0.0796. The molecule has 0 unspecified atom stereocenters. The molecule has 23 heavy (non-hydrogen) atoms. The predicted molar refractivity (Wildman–Crippen MR) is 88.4 cm³/mol. The van der Waals surface area contributed by atoms with Gasteiger partial charge in [-0.05, 0) is 31.2 Å². The van der Waals surface area contributed by atoms with Crippen LogP contribution in [0.2, 0.25) is 0 Å². The maximum atomic E-state index is 10.7. The number of aryl methyl sites for hydroxylation is 1. The molecule has 1 aromatic heterocycles. The van der Waals surface area contributed by atoms with Gasteiger partial charge in [0, 0.05) is 5.57 Å². The number of furan rings is 1. The van der Waals surface area contributed by atoms with Crippen LogP contribution in [0, 0.1) is 17.0 Å². The lowest BCUT2D eigenvalue weighted by atomic mass is 10.1. The van der Waals surface area contributed by atoms with Crippen LogP contribution in [0.1, 0.15) is 11.3 Å². The number of nitrogens with zero attached hydrogens (tertiary/aromatic N) is 2. The third-order valence-electron chi connectivity index (χ3n) is 3.52. The highest BCUT2D eigenvalue weighted by atomic mass is 16.6. The molecule has 0 radical (unpaired) electrons. The Labute approximate surface area is 133 Å². The summed E-state index contributed by atoms with van der Waals surface area (Å²) in [6, 6.07) is 10.8. The van der Waals surface area contributed by atoms with Gasteiger partial charge in [-0.2, -0.15) is 0 Å². The zero-order valence-electron chi connectivity index (χ0n) is 12.6. The number of hydrogen-bond acceptors (Lipinski definition) is 5. The second-order valence-electron chi connectivity index (χ2n) is 5.20. The van der Waals surface area contributed by atoms with Crippen LogP contribution in [-0.2, 0) is 0 Å². The first-order chi connectivity index (χ1) is 11.0. The Bertz CT molecular complexity index is 831. The Hall–Kier alpha value is -3.28. The van der Waals surface area contributed by atoms with E-state index in [0.717, 1.165) is 16.8 Å². The van der Waals surface area contributed by atoms with Gasteiger partial charge in [-0.25, -0.2) is 0 Å². The average Bonchev–Trinajstić information content (AvgIpc) is 3.09. The lowest BCUT2D eigenvalue weighted by molar-refractivity contribution is -0.402. The first-order valence-electron chi connectivity index (χ1n) is 6.93. The molecule has 2 aromatic rings. The normalized spacial score (nSPS) is 16.0. The molecule has 0 aliphatic carbocycles. The summed E-state index contributed by atoms with van der Waals surface area (Å²) in [4.78, 5) is 10.1. The van der Waals surface area contributed by atoms with Gasteiger partial charge < -0.3 is 4.42 Å². The second-order valence-corrected chi connectivity index (χ2v) is 5.20. The van der Waals surface area contributed by atoms with Crippen molar-refractivity contribution in [1.82, 2.24) is 5.43 Å². The van der Waals surface area contributed by atoms with Crippen LogP contribution in [0.4, 0.5) is 11.6 Å². The highest BCUT2D eigenvalue weighted by molar-refractivity contribution is 5.71. The average molecular weight is 309 g/mol. The highest BCUT2D eigenvalue weighted by Crippen LogP contribution is 2.32. The second kappa shape index (κ2) is 5.49. The Kier molecular flexibility index (Phi) is 3.50. The van der Waals surface area contributed by atoms with Crippen LogP contribution in [0.3, 0.4) is 0 Å². The van der Waals surface area contributed by atoms with Crippen LogP contribution in [0.5, 0.6) is 0 Å². The van der Waals surface area contributed by atoms with Crippen molar-refractivity contribution in [2.24, 2.45) is 0 Å². The third-order valence-corrected chi connectivity index (χ3v) is 3.52. The van der Waals surface area contributed by atoms with Crippen molar-refractivity contribution in [2.45, 2.75) is 6.92 Å². The molecule has 1 aromatic carbocycles. The minimum atomic E-state index is -0.572. The number of hydrogen-bond donors (Lipinski definition) is 1. The van der Waals surface area contributed by atoms with Crippen LogP contribution >= 0.6 is 0 Å². The van der Waals surface area contributed by atoms with Gasteiger partial charge in [0.15, 0.2) is 0 Å². The summed E-state index contributed by atoms with van der Waals surface area (Å²) in [6.45, 7) is 10.0. The molecular weight excluding hydrogens is 294 g/mol. The lowest BCUT2D eigenvalue weighted by Crippen LogP contribution is -2.27. The first kappa shape index (κ1) is 14.6. The number of hydrazine groups is 1. The minimum Gasteiger partial charge on any atom is -0.401 e. The van der Waals surface area contributed by atoms with Gasteiger partial charge in [-0.15, -0.1) is 0 Å². The smallest absolute Gasteiger partial charge is 0.401 e. The zero-order chi connectivity index (χ0) is 16.6. The molecule has 0 atom stereocenters. The molecular formula is C17H15N3O3. The molecule has 2 heterocycles. The zero-order valence-corrected chi connectivity index (χ0v) is 12.6. The molecule has 6 nitrogen and oxygen atoms in total. The number of nitro groups is 1. The fraction of sp³-hybridized carbons (Fsp3) is 0.0588. The lowest BCUT2D eigenvalue weighted by Gasteiger charge is -2.19. The summed E-state index contributed by atoms with van der Waals surface area (Å²) < 4.78 is 5.16. The van der Waals surface area contributed by atoms with Crippen molar-refractivity contribution < 1.29 is 9.34 Å². The molecule has 3 rings (SSSR count). The Morgan fingerprint density at radius 3 is 2.52 bits per heavy atom. The van der Waals surface area contributed by atoms with E-state index >= 15 is 0 Å². The monoisotopic (exact) mass is 309 g/mol. The van der Waals surface area contributed by atoms with Crippen molar-refractivity contribution in [3.63, 3.8) is 0 Å². The van der Waals surface area contributed by atoms with Crippen molar-refractivity contribution in [3.8, 4) is 0 Å². The summed E-state index contributed by atoms with van der Waals surface area (Å²) in [5.41, 5.74) is 7.30. The van der Waals surface area contributed by atoms with Gasteiger partial charge in [-0.3, -0.25) is 20.5 Å². The fourth-order valence-corrected chi connectivity index (χ4v) is 2.30. The van der Waals surface area contributed by atoms with E-state index in [2.05, 4.69) is 18.6 Å². The van der Waals surface area contributed by atoms with Crippen molar-refractivity contribution in [3.05, 3.63) is 88.0 Å². The Morgan fingerprint density at radius 2 is 1.91 bits per heavy atom. The van der Waals surface area contributed by atoms with E-state index in [9.17, 15) is 10.1 Å². The summed E-state index contributed by atoms with van der Waals surface area (Å²) in [5, 5.41) is 12.5. The Balaban J connectivity index is 1.90. The number of rotatable bonds is 3. The van der Waals surface area contributed by atoms with Gasteiger partial charge in [0.05, 0.1) is 23.1 Å². The molecule has 1 saturated heterocycles. The van der Waals surface area contributed by atoms with Crippen molar-refractivity contribution in [1.29, 1.82) is 0 Å². The fourth-order valence-electron chi connectivity index (χ4n) is 2.30. The van der Waals surface area contributed by atoms with Crippen molar-refractivity contribution >= 4 is 17.6 Å². The standard InChI is InChI=1S/C17H15N3O3/c1-11-4-6-14(7-5-11)19-13(3)16(12(2)18-19)10-15-8-9-17(23-15)20(21)22/h4-10,18H,2-3H2,1H3/b16-10-. The molecule has 1 N–H and O–H groups in total. The van der Waals surface area contributed by atoms with Crippen LogP contribution in [0.25, 0.3) is 6.08 Å². The summed E-state index contributed by atoms with van der Waals surface area (Å²) >= 11 is 0. The van der Waals surface area contributed by atoms with Gasteiger partial charge in [0.2, 0.25) is 0 Å². The van der Waals surface area contributed by atoms with Gasteiger partial charge >= 0.3 is 5.88 Å². The molecule has 1 aliphatic rings. The van der Waals surface area contributed by atoms with Crippen molar-refractivity contribution in [2.75, 3.05) is 5.01 Å². The van der Waals surface area contributed by atoms with Crippen LogP contribution in [0.15, 0.2) is 70.9 Å². The molecule has 0 bridgehead atoms. The largest absolute Gasteiger partial charge is 0.433 e. The van der Waals surface area contributed by atoms with E-state index in [1.54, 1.807) is 12.1 Å². The third kappa shape index (κ3) is 2.74.